The zero-order valence-corrected chi connectivity index (χ0v) is 17.3. The summed E-state index contributed by atoms with van der Waals surface area (Å²) in [6, 6.07) is 9.03. The van der Waals surface area contributed by atoms with E-state index in [1.54, 1.807) is 29.5 Å². The van der Waals surface area contributed by atoms with Gasteiger partial charge in [-0.2, -0.15) is 11.3 Å². The van der Waals surface area contributed by atoms with Crippen molar-refractivity contribution in [3.05, 3.63) is 51.1 Å². The predicted molar refractivity (Wildman–Crippen MR) is 105 cm³/mol. The van der Waals surface area contributed by atoms with Crippen LogP contribution in [-0.4, -0.2) is 58.0 Å². The quantitative estimate of drug-likeness (QED) is 0.745. The number of halogens is 1. The first-order valence-corrected chi connectivity index (χ1v) is 11.4. The van der Waals surface area contributed by atoms with Gasteiger partial charge >= 0.3 is 0 Å². The largest absolute Gasteiger partial charge is 0.304 e. The Labute approximate surface area is 161 Å². The molecule has 0 spiro atoms. The van der Waals surface area contributed by atoms with Crippen molar-refractivity contribution in [1.82, 2.24) is 14.5 Å². The maximum absolute atomic E-state index is 12.7. The van der Waals surface area contributed by atoms with Gasteiger partial charge in [0.05, 0.1) is 4.90 Å². The van der Waals surface area contributed by atoms with Crippen molar-refractivity contribution in [3.8, 4) is 0 Å². The maximum Gasteiger partial charge on any atom is 0.241 e. The molecular formula is C17H22BrN3O2S2. The third kappa shape index (κ3) is 4.69. The van der Waals surface area contributed by atoms with E-state index in [1.807, 2.05) is 11.4 Å². The Morgan fingerprint density at radius 2 is 1.92 bits per heavy atom. The summed E-state index contributed by atoms with van der Waals surface area (Å²) in [5.74, 6) is 0. The van der Waals surface area contributed by atoms with Gasteiger partial charge in [-0.05, 0) is 57.5 Å². The molecule has 1 aromatic heterocycles. The maximum atomic E-state index is 12.7. The number of nitrogens with one attached hydrogen (secondary N) is 1. The average Bonchev–Trinajstić information content (AvgIpc) is 3.11. The zero-order valence-electron chi connectivity index (χ0n) is 14.1. The number of thiophene rings is 1. The van der Waals surface area contributed by atoms with Gasteiger partial charge in [-0.15, -0.1) is 0 Å². The number of sulfonamides is 1. The molecule has 1 unspecified atom stereocenters. The van der Waals surface area contributed by atoms with Crippen LogP contribution in [0.15, 0.2) is 50.5 Å². The van der Waals surface area contributed by atoms with Crippen LogP contribution in [0.2, 0.25) is 0 Å². The molecule has 8 heteroatoms. The second kappa shape index (κ2) is 8.28. The summed E-state index contributed by atoms with van der Waals surface area (Å²) < 4.78 is 28.8. The van der Waals surface area contributed by atoms with Crippen LogP contribution in [0.25, 0.3) is 0 Å². The molecule has 1 N–H and O–H groups in total. The fourth-order valence-electron chi connectivity index (χ4n) is 2.99. The summed E-state index contributed by atoms with van der Waals surface area (Å²) in [7, 11) is -1.44. The molecule has 0 saturated carbocycles. The molecular weight excluding hydrogens is 422 g/mol. The number of benzene rings is 1. The summed E-state index contributed by atoms with van der Waals surface area (Å²) in [4.78, 5) is 4.94. The molecule has 1 fully saturated rings. The van der Waals surface area contributed by atoms with Crippen molar-refractivity contribution in [3.63, 3.8) is 0 Å². The third-order valence-corrected chi connectivity index (χ3v) is 7.64. The normalized spacial score (nSPS) is 18.3. The zero-order chi connectivity index (χ0) is 17.9. The fourth-order valence-corrected chi connectivity index (χ4v) is 5.73. The number of likely N-dealkylation sites (N-methyl/N-ethyl adjacent to an activating group) is 1. The van der Waals surface area contributed by atoms with Gasteiger partial charge in [-0.25, -0.2) is 13.1 Å². The van der Waals surface area contributed by atoms with Crippen molar-refractivity contribution in [2.45, 2.75) is 10.9 Å². The molecule has 1 aliphatic heterocycles. The van der Waals surface area contributed by atoms with E-state index < -0.39 is 10.0 Å². The van der Waals surface area contributed by atoms with Crippen molar-refractivity contribution >= 4 is 37.3 Å². The average molecular weight is 444 g/mol. The Kier molecular flexibility index (Phi) is 6.30. The summed E-state index contributed by atoms with van der Waals surface area (Å²) in [6.45, 7) is 4.24. The van der Waals surface area contributed by atoms with E-state index in [2.05, 4.69) is 48.9 Å². The van der Waals surface area contributed by atoms with Gasteiger partial charge in [-0.1, -0.05) is 12.1 Å². The van der Waals surface area contributed by atoms with Crippen LogP contribution in [0.1, 0.15) is 11.6 Å². The fraction of sp³-hybridized carbons (Fsp3) is 0.412. The van der Waals surface area contributed by atoms with E-state index in [1.165, 1.54) is 5.56 Å². The van der Waals surface area contributed by atoms with Crippen LogP contribution in [0.4, 0.5) is 0 Å². The number of rotatable bonds is 6. The molecule has 3 rings (SSSR count). The molecule has 5 nitrogen and oxygen atoms in total. The van der Waals surface area contributed by atoms with Gasteiger partial charge in [0.25, 0.3) is 0 Å². The van der Waals surface area contributed by atoms with Gasteiger partial charge in [0.2, 0.25) is 10.0 Å². The summed E-state index contributed by atoms with van der Waals surface area (Å²) in [5.41, 5.74) is 1.17. The molecule has 2 aromatic rings. The molecule has 1 aliphatic rings. The first-order chi connectivity index (χ1) is 12.0. The minimum atomic E-state index is -3.56. The van der Waals surface area contributed by atoms with Gasteiger partial charge in [-0.3, -0.25) is 4.90 Å². The minimum Gasteiger partial charge on any atom is -0.304 e. The topological polar surface area (TPSA) is 52.6 Å². The lowest BCUT2D eigenvalue weighted by molar-refractivity contribution is 0.113. The second-order valence-corrected chi connectivity index (χ2v) is 9.56. The van der Waals surface area contributed by atoms with E-state index in [0.29, 0.717) is 11.0 Å². The SMILES string of the molecule is CN1CCN(C(CNS(=O)(=O)c2ccccc2Br)c2ccsc2)CC1. The van der Waals surface area contributed by atoms with Crippen molar-refractivity contribution in [1.29, 1.82) is 0 Å². The lowest BCUT2D eigenvalue weighted by atomic mass is 10.1. The van der Waals surface area contributed by atoms with E-state index in [4.69, 9.17) is 0 Å². The Balaban J connectivity index is 1.76. The first-order valence-electron chi connectivity index (χ1n) is 8.16. The van der Waals surface area contributed by atoms with Crippen molar-refractivity contribution in [2.75, 3.05) is 39.8 Å². The molecule has 0 radical (unpaired) electrons. The Hall–Kier alpha value is -0.770. The molecule has 136 valence electrons. The van der Waals surface area contributed by atoms with Gasteiger partial charge < -0.3 is 4.90 Å². The summed E-state index contributed by atoms with van der Waals surface area (Å²) >= 11 is 4.97. The summed E-state index contributed by atoms with van der Waals surface area (Å²) in [6.07, 6.45) is 0. The monoisotopic (exact) mass is 443 g/mol. The molecule has 1 aromatic carbocycles. The molecule has 1 saturated heterocycles. The molecule has 0 bridgehead atoms. The standard InChI is InChI=1S/C17H22BrN3O2S2/c1-20-7-9-21(10-8-20)16(14-6-11-24-13-14)12-19-25(22,23)17-5-3-2-4-15(17)18/h2-6,11,13,16,19H,7-10,12H2,1H3. The lowest BCUT2D eigenvalue weighted by Crippen LogP contribution is -2.48. The highest BCUT2D eigenvalue weighted by molar-refractivity contribution is 9.10. The molecule has 0 amide bonds. The van der Waals surface area contributed by atoms with Gasteiger partial charge in [0, 0.05) is 43.2 Å². The van der Waals surface area contributed by atoms with Crippen LogP contribution in [0.5, 0.6) is 0 Å². The smallest absolute Gasteiger partial charge is 0.241 e. The number of hydrogen-bond acceptors (Lipinski definition) is 5. The second-order valence-electron chi connectivity index (χ2n) is 6.19. The van der Waals surface area contributed by atoms with Gasteiger partial charge in [0.15, 0.2) is 0 Å². The lowest BCUT2D eigenvalue weighted by Gasteiger charge is -2.38. The van der Waals surface area contributed by atoms with Crippen molar-refractivity contribution < 1.29 is 8.42 Å². The molecule has 1 atom stereocenters. The van der Waals surface area contributed by atoms with Crippen molar-refractivity contribution in [2.24, 2.45) is 0 Å². The third-order valence-electron chi connectivity index (χ3n) is 4.50. The van der Waals surface area contributed by atoms with Crippen LogP contribution in [-0.2, 0) is 10.0 Å². The first kappa shape index (κ1) is 19.0. The van der Waals surface area contributed by atoms with Crippen LogP contribution >= 0.6 is 27.3 Å². The highest BCUT2D eigenvalue weighted by Crippen LogP contribution is 2.25. The Morgan fingerprint density at radius 3 is 2.56 bits per heavy atom. The predicted octanol–water partition coefficient (Wildman–Crippen LogP) is 2.78. The molecule has 0 aliphatic carbocycles. The Morgan fingerprint density at radius 1 is 1.20 bits per heavy atom. The highest BCUT2D eigenvalue weighted by Gasteiger charge is 2.26. The highest BCUT2D eigenvalue weighted by atomic mass is 79.9. The number of piperazine rings is 1. The van der Waals surface area contributed by atoms with E-state index >= 15 is 0 Å². The van der Waals surface area contributed by atoms with Gasteiger partial charge in [0.1, 0.15) is 0 Å². The summed E-state index contributed by atoms with van der Waals surface area (Å²) in [5, 5.41) is 4.15. The van der Waals surface area contributed by atoms with E-state index in [0.717, 1.165) is 26.2 Å². The molecule has 25 heavy (non-hydrogen) atoms. The minimum absolute atomic E-state index is 0.0530. The molecule has 2 heterocycles. The van der Waals surface area contributed by atoms with Crippen LogP contribution in [0, 0.1) is 0 Å². The van der Waals surface area contributed by atoms with E-state index in [9.17, 15) is 8.42 Å². The van der Waals surface area contributed by atoms with E-state index in [-0.39, 0.29) is 10.9 Å². The number of nitrogens with zero attached hydrogens (tertiary/aromatic N) is 2. The van der Waals surface area contributed by atoms with Crippen LogP contribution < -0.4 is 4.72 Å². The Bertz CT molecular complexity index is 788. The number of hydrogen-bond donors (Lipinski definition) is 1. The van der Waals surface area contributed by atoms with Crippen LogP contribution in [0.3, 0.4) is 0 Å².